The van der Waals surface area contributed by atoms with Gasteiger partial charge in [0.1, 0.15) is 0 Å². The lowest BCUT2D eigenvalue weighted by atomic mass is 10.1. The Hall–Kier alpha value is -1.49. The smallest absolute Gasteiger partial charge is 0.331 e. The zero-order valence-corrected chi connectivity index (χ0v) is 10.1. The van der Waals surface area contributed by atoms with Crippen LogP contribution in [0, 0.1) is 0 Å². The molecule has 0 amide bonds. The summed E-state index contributed by atoms with van der Waals surface area (Å²) in [5.41, 5.74) is 1.02. The molecule has 1 aliphatic rings. The Morgan fingerprint density at radius 3 is 2.69 bits per heavy atom. The maximum atomic E-state index is 10.7. The van der Waals surface area contributed by atoms with Gasteiger partial charge in [-0.3, -0.25) is 0 Å². The third kappa shape index (κ3) is 2.04. The van der Waals surface area contributed by atoms with Crippen molar-refractivity contribution in [2.45, 2.75) is 6.92 Å². The Morgan fingerprint density at radius 1 is 1.44 bits per heavy atom. The molecular formula is C11H9BrO4. The number of halogens is 1. The molecule has 4 nitrogen and oxygen atoms in total. The van der Waals surface area contributed by atoms with Crippen LogP contribution < -0.4 is 9.47 Å². The maximum absolute atomic E-state index is 10.7. The van der Waals surface area contributed by atoms with E-state index in [9.17, 15) is 4.79 Å². The Kier molecular flexibility index (Phi) is 2.87. The van der Waals surface area contributed by atoms with E-state index in [2.05, 4.69) is 15.9 Å². The highest BCUT2D eigenvalue weighted by atomic mass is 79.9. The zero-order chi connectivity index (χ0) is 11.7. The molecule has 1 heterocycles. The molecule has 0 unspecified atom stereocenters. The highest BCUT2D eigenvalue weighted by molar-refractivity contribution is 9.10. The summed E-state index contributed by atoms with van der Waals surface area (Å²) in [6.45, 7) is 1.74. The summed E-state index contributed by atoms with van der Waals surface area (Å²) >= 11 is 3.35. The zero-order valence-electron chi connectivity index (χ0n) is 8.49. The normalized spacial score (nSPS) is 14.0. The fraction of sp³-hybridized carbons (Fsp3) is 0.182. The molecular weight excluding hydrogens is 276 g/mol. The van der Waals surface area contributed by atoms with Crippen LogP contribution in [-0.4, -0.2) is 17.9 Å². The molecule has 0 aromatic heterocycles. The average molecular weight is 285 g/mol. The van der Waals surface area contributed by atoms with Gasteiger partial charge in [-0.2, -0.15) is 0 Å². The Bertz CT molecular complexity index is 479. The molecule has 16 heavy (non-hydrogen) atoms. The van der Waals surface area contributed by atoms with Crippen LogP contribution in [0.25, 0.3) is 6.08 Å². The molecule has 0 saturated carbocycles. The average Bonchev–Trinajstić information content (AvgIpc) is 2.65. The van der Waals surface area contributed by atoms with Crippen molar-refractivity contribution in [3.63, 3.8) is 0 Å². The number of fused-ring (bicyclic) bond motifs is 1. The van der Waals surface area contributed by atoms with E-state index in [0.717, 1.165) is 10.0 Å². The number of carboxylic acids is 1. The third-order valence-electron chi connectivity index (χ3n) is 2.20. The molecule has 84 valence electrons. The van der Waals surface area contributed by atoms with Gasteiger partial charge >= 0.3 is 5.97 Å². The second-order valence-corrected chi connectivity index (χ2v) is 4.21. The molecule has 1 aliphatic heterocycles. The first-order valence-corrected chi connectivity index (χ1v) is 5.38. The number of aliphatic carboxylic acids is 1. The lowest BCUT2D eigenvalue weighted by molar-refractivity contribution is -0.132. The van der Waals surface area contributed by atoms with Crippen molar-refractivity contribution in [2.24, 2.45) is 0 Å². The molecule has 2 rings (SSSR count). The summed E-state index contributed by atoms with van der Waals surface area (Å²) in [6, 6.07) is 3.52. The van der Waals surface area contributed by atoms with Crippen LogP contribution in [0.15, 0.2) is 22.2 Å². The molecule has 0 saturated heterocycles. The molecule has 0 aliphatic carbocycles. The summed E-state index contributed by atoms with van der Waals surface area (Å²) in [5.74, 6) is 0.356. The lowest BCUT2D eigenvalue weighted by Crippen LogP contribution is -1.95. The summed E-state index contributed by atoms with van der Waals surface area (Å²) in [5, 5.41) is 8.79. The third-order valence-corrected chi connectivity index (χ3v) is 2.89. The van der Waals surface area contributed by atoms with Crippen LogP contribution in [0.2, 0.25) is 0 Å². The van der Waals surface area contributed by atoms with Crippen molar-refractivity contribution in [1.82, 2.24) is 0 Å². The van der Waals surface area contributed by atoms with E-state index >= 15 is 0 Å². The Labute approximate surface area is 101 Å². The van der Waals surface area contributed by atoms with Gasteiger partial charge in [0.05, 0.1) is 0 Å². The topological polar surface area (TPSA) is 55.8 Å². The monoisotopic (exact) mass is 284 g/mol. The van der Waals surface area contributed by atoms with Crippen LogP contribution in [-0.2, 0) is 4.79 Å². The molecule has 1 aromatic carbocycles. The summed E-state index contributed by atoms with van der Waals surface area (Å²) < 4.78 is 11.2. The van der Waals surface area contributed by atoms with Crippen molar-refractivity contribution in [1.29, 1.82) is 0 Å². The second-order valence-electron chi connectivity index (χ2n) is 3.36. The van der Waals surface area contributed by atoms with Gasteiger partial charge in [0, 0.05) is 10.0 Å². The number of carbonyl (C=O) groups is 1. The minimum absolute atomic E-state index is 0.201. The highest BCUT2D eigenvalue weighted by Gasteiger charge is 2.15. The molecule has 1 aromatic rings. The fourth-order valence-corrected chi connectivity index (χ4v) is 1.78. The number of benzene rings is 1. The van der Waals surface area contributed by atoms with E-state index in [-0.39, 0.29) is 12.4 Å². The lowest BCUT2D eigenvalue weighted by Gasteiger charge is -2.02. The van der Waals surface area contributed by atoms with Crippen molar-refractivity contribution in [3.8, 4) is 11.5 Å². The van der Waals surface area contributed by atoms with Gasteiger partial charge in [0.15, 0.2) is 11.5 Å². The minimum atomic E-state index is -0.940. The van der Waals surface area contributed by atoms with Crippen LogP contribution in [0.4, 0.5) is 0 Å². The van der Waals surface area contributed by atoms with Crippen molar-refractivity contribution in [3.05, 3.63) is 27.7 Å². The van der Waals surface area contributed by atoms with Crippen molar-refractivity contribution < 1.29 is 19.4 Å². The van der Waals surface area contributed by atoms with Gasteiger partial charge in [-0.1, -0.05) is 15.9 Å². The highest BCUT2D eigenvalue weighted by Crippen LogP contribution is 2.37. The molecule has 0 bridgehead atoms. The first kappa shape index (κ1) is 11.0. The van der Waals surface area contributed by atoms with Crippen LogP contribution in [0.3, 0.4) is 0 Å². The summed E-state index contributed by atoms with van der Waals surface area (Å²) in [7, 11) is 0. The molecule has 5 heteroatoms. The van der Waals surface area contributed by atoms with Gasteiger partial charge in [0.2, 0.25) is 6.79 Å². The van der Waals surface area contributed by atoms with E-state index in [1.165, 1.54) is 0 Å². The molecule has 0 radical (unpaired) electrons. The molecule has 0 spiro atoms. The Morgan fingerprint density at radius 2 is 2.06 bits per heavy atom. The molecule has 1 N–H and O–H groups in total. The van der Waals surface area contributed by atoms with E-state index in [0.29, 0.717) is 11.5 Å². The summed E-state index contributed by atoms with van der Waals surface area (Å²) in [4.78, 5) is 10.7. The van der Waals surface area contributed by atoms with Gasteiger partial charge < -0.3 is 14.6 Å². The van der Waals surface area contributed by atoms with E-state index in [1.54, 1.807) is 25.1 Å². The van der Waals surface area contributed by atoms with Gasteiger partial charge in [-0.05, 0) is 30.7 Å². The first-order chi connectivity index (χ1) is 7.58. The second kappa shape index (κ2) is 4.17. The predicted molar refractivity (Wildman–Crippen MR) is 61.6 cm³/mol. The standard InChI is InChI=1S/C11H9BrO4/c1-6(11(13)14)2-7-3-9-10(4-8(7)12)16-5-15-9/h2-4H,5H2,1H3,(H,13,14)/b6-2+. The molecule has 0 fully saturated rings. The SMILES string of the molecule is C/C(=C\c1cc2c(cc1Br)OCO2)C(=O)O. The first-order valence-electron chi connectivity index (χ1n) is 4.58. The molecule has 0 atom stereocenters. The van der Waals surface area contributed by atoms with Gasteiger partial charge in [-0.25, -0.2) is 4.79 Å². The number of hydrogen-bond donors (Lipinski definition) is 1. The van der Waals surface area contributed by atoms with Crippen LogP contribution in [0.1, 0.15) is 12.5 Å². The van der Waals surface area contributed by atoms with Crippen molar-refractivity contribution >= 4 is 28.0 Å². The van der Waals surface area contributed by atoms with E-state index < -0.39 is 5.97 Å². The van der Waals surface area contributed by atoms with Gasteiger partial charge in [-0.15, -0.1) is 0 Å². The quantitative estimate of drug-likeness (QED) is 0.849. The Balaban J connectivity index is 2.43. The van der Waals surface area contributed by atoms with Crippen molar-refractivity contribution in [2.75, 3.05) is 6.79 Å². The minimum Gasteiger partial charge on any atom is -0.478 e. The summed E-state index contributed by atoms with van der Waals surface area (Å²) in [6.07, 6.45) is 1.58. The van der Waals surface area contributed by atoms with Gasteiger partial charge in [0.25, 0.3) is 0 Å². The number of hydrogen-bond acceptors (Lipinski definition) is 3. The van der Waals surface area contributed by atoms with Crippen LogP contribution in [0.5, 0.6) is 11.5 Å². The van der Waals surface area contributed by atoms with Crippen LogP contribution >= 0.6 is 15.9 Å². The van der Waals surface area contributed by atoms with E-state index in [1.807, 2.05) is 0 Å². The predicted octanol–water partition coefficient (Wildman–Crippen LogP) is 2.67. The number of ether oxygens (including phenoxy) is 2. The maximum Gasteiger partial charge on any atom is 0.331 e. The number of carboxylic acid groups (broad SMARTS) is 1. The largest absolute Gasteiger partial charge is 0.478 e. The van der Waals surface area contributed by atoms with E-state index in [4.69, 9.17) is 14.6 Å². The fourth-order valence-electron chi connectivity index (χ4n) is 1.34. The number of rotatable bonds is 2.